The number of furan rings is 1. The van der Waals surface area contributed by atoms with Crippen LogP contribution < -0.4 is 10.1 Å². The SMILES string of the molecule is COc1ccc(-c2c(-c3ccccc3)oc3ccnc(NCC(C)(C)COCC(=O)OC(C)(C)C)c23)cc1. The van der Waals surface area contributed by atoms with Crippen molar-refractivity contribution in [2.45, 2.75) is 40.2 Å². The summed E-state index contributed by atoms with van der Waals surface area (Å²) in [6, 6.07) is 19.9. The number of benzene rings is 2. The molecule has 0 radical (unpaired) electrons. The van der Waals surface area contributed by atoms with Crippen molar-refractivity contribution >= 4 is 22.8 Å². The molecule has 0 amide bonds. The van der Waals surface area contributed by atoms with Crippen LogP contribution in [-0.2, 0) is 14.3 Å². The summed E-state index contributed by atoms with van der Waals surface area (Å²) in [4.78, 5) is 16.7. The Labute approximate surface area is 224 Å². The maximum Gasteiger partial charge on any atom is 0.332 e. The Bertz CT molecular complexity index is 1370. The molecular formula is C31H36N2O5. The third-order valence-electron chi connectivity index (χ3n) is 5.88. The van der Waals surface area contributed by atoms with E-state index >= 15 is 0 Å². The monoisotopic (exact) mass is 516 g/mol. The standard InChI is InChI=1S/C31H36N2O5/c1-30(2,3)38-25(34)18-36-20-31(4,5)19-33-29-27-24(16-17-32-29)37-28(22-10-8-7-9-11-22)26(27)21-12-14-23(35-6)15-13-21/h7-17H,18-20H2,1-6H3,(H,32,33). The van der Waals surface area contributed by atoms with Crippen molar-refractivity contribution < 1.29 is 23.4 Å². The van der Waals surface area contributed by atoms with Crippen LogP contribution >= 0.6 is 0 Å². The van der Waals surface area contributed by atoms with E-state index in [4.69, 9.17) is 18.6 Å². The molecule has 2 aromatic carbocycles. The van der Waals surface area contributed by atoms with Crippen LogP contribution in [0.3, 0.4) is 0 Å². The van der Waals surface area contributed by atoms with Crippen molar-refractivity contribution in [3.05, 3.63) is 66.9 Å². The molecule has 0 atom stereocenters. The Morgan fingerprint density at radius 1 is 0.947 bits per heavy atom. The molecule has 0 aliphatic rings. The van der Waals surface area contributed by atoms with Gasteiger partial charge in [-0.05, 0) is 44.5 Å². The van der Waals surface area contributed by atoms with Crippen LogP contribution in [-0.4, -0.2) is 43.4 Å². The van der Waals surface area contributed by atoms with Crippen molar-refractivity contribution in [2.75, 3.05) is 32.2 Å². The first-order chi connectivity index (χ1) is 18.1. The second-order valence-corrected chi connectivity index (χ2v) is 11.0. The summed E-state index contributed by atoms with van der Waals surface area (Å²) < 4.78 is 22.8. The number of carbonyl (C=O) groups is 1. The van der Waals surface area contributed by atoms with Crippen molar-refractivity contribution in [1.29, 1.82) is 0 Å². The number of rotatable bonds is 10. The normalized spacial score (nSPS) is 11.9. The first-order valence-electron chi connectivity index (χ1n) is 12.7. The molecule has 0 bridgehead atoms. The molecule has 1 N–H and O–H groups in total. The fraction of sp³-hybridized carbons (Fsp3) is 0.355. The highest BCUT2D eigenvalue weighted by molar-refractivity contribution is 6.07. The van der Waals surface area contributed by atoms with Gasteiger partial charge in [-0.3, -0.25) is 0 Å². The third kappa shape index (κ3) is 6.72. The van der Waals surface area contributed by atoms with E-state index in [0.717, 1.165) is 45.0 Å². The minimum absolute atomic E-state index is 0.0850. The van der Waals surface area contributed by atoms with Gasteiger partial charge in [0.15, 0.2) is 0 Å². The average molecular weight is 517 g/mol. The number of hydrogen-bond acceptors (Lipinski definition) is 7. The van der Waals surface area contributed by atoms with Gasteiger partial charge in [-0.25, -0.2) is 9.78 Å². The molecule has 7 heteroatoms. The summed E-state index contributed by atoms with van der Waals surface area (Å²) in [6.07, 6.45) is 1.74. The predicted molar refractivity (Wildman–Crippen MR) is 150 cm³/mol. The molecule has 0 saturated heterocycles. The number of nitrogens with one attached hydrogen (secondary N) is 1. The minimum atomic E-state index is -0.535. The molecule has 0 unspecified atom stereocenters. The Balaban J connectivity index is 1.61. The number of anilines is 1. The maximum absolute atomic E-state index is 12.0. The van der Waals surface area contributed by atoms with Gasteiger partial charge in [0.05, 0.1) is 19.1 Å². The van der Waals surface area contributed by atoms with Crippen molar-refractivity contribution in [1.82, 2.24) is 4.98 Å². The van der Waals surface area contributed by atoms with Gasteiger partial charge in [-0.15, -0.1) is 0 Å². The number of aromatic nitrogens is 1. The Hall–Kier alpha value is -3.84. The zero-order valence-electron chi connectivity index (χ0n) is 23.0. The molecule has 4 aromatic rings. The maximum atomic E-state index is 12.0. The van der Waals surface area contributed by atoms with E-state index in [-0.39, 0.29) is 18.0 Å². The molecule has 0 fully saturated rings. The number of ether oxygens (including phenoxy) is 3. The molecule has 0 aliphatic heterocycles. The zero-order chi connectivity index (χ0) is 27.3. The van der Waals surface area contributed by atoms with Gasteiger partial charge in [0.25, 0.3) is 0 Å². The predicted octanol–water partition coefficient (Wildman–Crippen LogP) is 6.97. The molecule has 0 spiro atoms. The molecule has 0 saturated carbocycles. The lowest BCUT2D eigenvalue weighted by atomic mass is 9.94. The van der Waals surface area contributed by atoms with E-state index in [1.807, 2.05) is 81.4 Å². The molecule has 4 rings (SSSR count). The van der Waals surface area contributed by atoms with Crippen molar-refractivity contribution in [3.8, 4) is 28.2 Å². The lowest BCUT2D eigenvalue weighted by Gasteiger charge is -2.26. The molecule has 200 valence electrons. The van der Waals surface area contributed by atoms with Gasteiger partial charge in [0, 0.05) is 29.3 Å². The fourth-order valence-electron chi connectivity index (χ4n) is 4.16. The van der Waals surface area contributed by atoms with E-state index in [1.54, 1.807) is 13.3 Å². The number of hydrogen-bond donors (Lipinski definition) is 1. The smallest absolute Gasteiger partial charge is 0.332 e. The van der Waals surface area contributed by atoms with Crippen LogP contribution in [0, 0.1) is 5.41 Å². The minimum Gasteiger partial charge on any atom is -0.497 e. The van der Waals surface area contributed by atoms with E-state index < -0.39 is 5.60 Å². The summed E-state index contributed by atoms with van der Waals surface area (Å²) in [6.45, 7) is 10.5. The van der Waals surface area contributed by atoms with Gasteiger partial charge in [0.2, 0.25) is 0 Å². The van der Waals surface area contributed by atoms with Gasteiger partial charge >= 0.3 is 5.97 Å². The highest BCUT2D eigenvalue weighted by Gasteiger charge is 2.24. The molecule has 7 nitrogen and oxygen atoms in total. The van der Waals surface area contributed by atoms with Crippen molar-refractivity contribution in [2.24, 2.45) is 5.41 Å². The average Bonchev–Trinajstić information content (AvgIpc) is 3.27. The topological polar surface area (TPSA) is 82.8 Å². The number of nitrogens with zero attached hydrogens (tertiary/aromatic N) is 1. The van der Waals surface area contributed by atoms with E-state index in [9.17, 15) is 4.79 Å². The number of methoxy groups -OCH3 is 1. The quantitative estimate of drug-likeness (QED) is 0.228. The van der Waals surface area contributed by atoms with Gasteiger partial charge in [-0.2, -0.15) is 0 Å². The van der Waals surface area contributed by atoms with E-state index in [1.165, 1.54) is 0 Å². The van der Waals surface area contributed by atoms with Gasteiger partial charge < -0.3 is 23.9 Å². The molecule has 0 aliphatic carbocycles. The number of esters is 1. The Kier molecular flexibility index (Phi) is 8.07. The summed E-state index contributed by atoms with van der Waals surface area (Å²) in [7, 11) is 1.66. The summed E-state index contributed by atoms with van der Waals surface area (Å²) in [5.74, 6) is 1.91. The second kappa shape index (κ2) is 11.3. The first-order valence-corrected chi connectivity index (χ1v) is 12.7. The number of fused-ring (bicyclic) bond motifs is 1. The van der Waals surface area contributed by atoms with E-state index in [2.05, 4.69) is 24.1 Å². The summed E-state index contributed by atoms with van der Waals surface area (Å²) in [5, 5.41) is 4.41. The summed E-state index contributed by atoms with van der Waals surface area (Å²) in [5.41, 5.74) is 2.87. The van der Waals surface area contributed by atoms with Crippen LogP contribution in [0.15, 0.2) is 71.3 Å². The molecule has 2 aromatic heterocycles. The lowest BCUT2D eigenvalue weighted by molar-refractivity contribution is -0.161. The van der Waals surface area contributed by atoms with Crippen LogP contribution in [0.2, 0.25) is 0 Å². The third-order valence-corrected chi connectivity index (χ3v) is 5.88. The van der Waals surface area contributed by atoms with Crippen LogP contribution in [0.4, 0.5) is 5.82 Å². The molecule has 38 heavy (non-hydrogen) atoms. The highest BCUT2D eigenvalue weighted by atomic mass is 16.6. The highest BCUT2D eigenvalue weighted by Crippen LogP contribution is 2.43. The van der Waals surface area contributed by atoms with Crippen LogP contribution in [0.5, 0.6) is 5.75 Å². The second-order valence-electron chi connectivity index (χ2n) is 11.0. The lowest BCUT2D eigenvalue weighted by Crippen LogP contribution is -2.31. The van der Waals surface area contributed by atoms with Gasteiger partial charge in [0.1, 0.15) is 35.1 Å². The number of pyridine rings is 1. The fourth-order valence-corrected chi connectivity index (χ4v) is 4.16. The number of carbonyl (C=O) groups excluding carboxylic acids is 1. The zero-order valence-corrected chi connectivity index (χ0v) is 23.0. The van der Waals surface area contributed by atoms with E-state index in [0.29, 0.717) is 13.2 Å². The Morgan fingerprint density at radius 2 is 1.66 bits per heavy atom. The van der Waals surface area contributed by atoms with Crippen LogP contribution in [0.1, 0.15) is 34.6 Å². The first kappa shape index (κ1) is 27.2. The molecular weight excluding hydrogens is 480 g/mol. The summed E-state index contributed by atoms with van der Waals surface area (Å²) >= 11 is 0. The largest absolute Gasteiger partial charge is 0.497 e. The Morgan fingerprint density at radius 3 is 2.32 bits per heavy atom. The molecule has 2 heterocycles. The van der Waals surface area contributed by atoms with Gasteiger partial charge in [-0.1, -0.05) is 56.3 Å². The van der Waals surface area contributed by atoms with Crippen LogP contribution in [0.25, 0.3) is 33.4 Å². The van der Waals surface area contributed by atoms with Crippen molar-refractivity contribution in [3.63, 3.8) is 0 Å².